The molecule has 2 aromatic heterocycles. The zero-order valence-electron chi connectivity index (χ0n) is 17.7. The predicted molar refractivity (Wildman–Crippen MR) is 113 cm³/mol. The number of carbonyl (C=O) groups is 1. The number of rotatable bonds is 7. The number of amides is 1. The lowest BCUT2D eigenvalue weighted by Gasteiger charge is -2.22. The normalized spacial score (nSPS) is 13.7. The number of hydrogen-bond donors (Lipinski definition) is 2. The van der Waals surface area contributed by atoms with Crippen molar-refractivity contribution in [3.8, 4) is 0 Å². The molecule has 3 rings (SSSR count). The van der Waals surface area contributed by atoms with Gasteiger partial charge in [0.05, 0.1) is 18.9 Å². The Bertz CT molecular complexity index is 1110. The van der Waals surface area contributed by atoms with Gasteiger partial charge in [0.1, 0.15) is 11.2 Å². The fourth-order valence-corrected chi connectivity index (χ4v) is 3.78. The van der Waals surface area contributed by atoms with E-state index in [1.807, 2.05) is 40.7 Å². The second kappa shape index (κ2) is 8.41. The maximum atomic E-state index is 12.6. The van der Waals surface area contributed by atoms with E-state index in [2.05, 4.69) is 5.32 Å². The molecule has 29 heavy (non-hydrogen) atoms. The van der Waals surface area contributed by atoms with Gasteiger partial charge in [-0.15, -0.1) is 0 Å². The summed E-state index contributed by atoms with van der Waals surface area (Å²) >= 11 is 0. The minimum absolute atomic E-state index is 0.1000. The summed E-state index contributed by atoms with van der Waals surface area (Å²) in [5.41, 5.74) is 4.00. The molecule has 1 amide bonds. The van der Waals surface area contributed by atoms with Crippen LogP contribution < -0.4 is 10.9 Å². The van der Waals surface area contributed by atoms with Crippen LogP contribution in [0.5, 0.6) is 0 Å². The Kier molecular flexibility index (Phi) is 6.13. The highest BCUT2D eigenvalue weighted by molar-refractivity contribution is 5.99. The summed E-state index contributed by atoms with van der Waals surface area (Å²) in [6, 6.07) is 1.71. The standard InChI is InChI=1S/C23H29NO5/c1-6-12(2)19(10-25)24-20(26)8-7-16-14(4)18-9-17-13(3)11-28-21(17)15(5)22(18)29-23(16)27/h9,11-12,19,25H,6-8,10H2,1-5H3,(H,24,26). The van der Waals surface area contributed by atoms with Gasteiger partial charge in [0.15, 0.2) is 0 Å². The maximum absolute atomic E-state index is 12.6. The summed E-state index contributed by atoms with van der Waals surface area (Å²) in [5, 5.41) is 14.2. The van der Waals surface area contributed by atoms with E-state index in [-0.39, 0.29) is 37.3 Å². The molecule has 0 saturated heterocycles. The van der Waals surface area contributed by atoms with Gasteiger partial charge in [0.2, 0.25) is 5.91 Å². The fraction of sp³-hybridized carbons (Fsp3) is 0.478. The van der Waals surface area contributed by atoms with Crippen LogP contribution in [0.3, 0.4) is 0 Å². The minimum Gasteiger partial charge on any atom is -0.464 e. The summed E-state index contributed by atoms with van der Waals surface area (Å²) in [6.45, 7) is 9.66. The first-order valence-corrected chi connectivity index (χ1v) is 10.1. The van der Waals surface area contributed by atoms with Crippen molar-refractivity contribution in [1.29, 1.82) is 0 Å². The van der Waals surface area contributed by atoms with Crippen molar-refractivity contribution >= 4 is 27.8 Å². The largest absolute Gasteiger partial charge is 0.464 e. The van der Waals surface area contributed by atoms with E-state index < -0.39 is 5.63 Å². The second-order valence-electron chi connectivity index (χ2n) is 7.91. The predicted octanol–water partition coefficient (Wildman–Crippen LogP) is 3.92. The number of aliphatic hydroxyl groups excluding tert-OH is 1. The number of hydrogen-bond acceptors (Lipinski definition) is 5. The van der Waals surface area contributed by atoms with Crippen LogP contribution >= 0.6 is 0 Å². The number of furan rings is 1. The van der Waals surface area contributed by atoms with Gasteiger partial charge in [-0.1, -0.05) is 20.3 Å². The van der Waals surface area contributed by atoms with E-state index in [0.717, 1.165) is 39.5 Å². The van der Waals surface area contributed by atoms with Crippen LogP contribution in [0.15, 0.2) is 26.0 Å². The van der Waals surface area contributed by atoms with Crippen molar-refractivity contribution in [1.82, 2.24) is 5.32 Å². The van der Waals surface area contributed by atoms with Crippen LogP contribution in [0.4, 0.5) is 0 Å². The third kappa shape index (κ3) is 3.94. The lowest BCUT2D eigenvalue weighted by molar-refractivity contribution is -0.122. The molecule has 0 aliphatic carbocycles. The molecular weight excluding hydrogens is 370 g/mol. The first-order chi connectivity index (χ1) is 13.8. The van der Waals surface area contributed by atoms with E-state index in [4.69, 9.17) is 8.83 Å². The average molecular weight is 399 g/mol. The second-order valence-corrected chi connectivity index (χ2v) is 7.91. The zero-order valence-corrected chi connectivity index (χ0v) is 17.7. The monoisotopic (exact) mass is 399 g/mol. The molecule has 6 nitrogen and oxygen atoms in total. The van der Waals surface area contributed by atoms with Gasteiger partial charge < -0.3 is 19.3 Å². The first kappa shape index (κ1) is 21.1. The molecule has 2 heterocycles. The van der Waals surface area contributed by atoms with Gasteiger partial charge in [0, 0.05) is 28.3 Å². The van der Waals surface area contributed by atoms with Crippen LogP contribution in [0, 0.1) is 26.7 Å². The molecule has 0 aliphatic rings. The van der Waals surface area contributed by atoms with Gasteiger partial charge in [-0.05, 0) is 50.3 Å². The Balaban J connectivity index is 1.90. The number of nitrogens with one attached hydrogen (secondary N) is 1. The Hall–Kier alpha value is -2.60. The summed E-state index contributed by atoms with van der Waals surface area (Å²) in [7, 11) is 0. The average Bonchev–Trinajstić information content (AvgIpc) is 3.07. The van der Waals surface area contributed by atoms with Crippen molar-refractivity contribution < 1.29 is 18.7 Å². The van der Waals surface area contributed by atoms with Gasteiger partial charge in [-0.25, -0.2) is 4.79 Å². The quantitative estimate of drug-likeness (QED) is 0.588. The Morgan fingerprint density at radius 2 is 1.90 bits per heavy atom. The summed E-state index contributed by atoms with van der Waals surface area (Å²) < 4.78 is 11.2. The van der Waals surface area contributed by atoms with E-state index in [1.54, 1.807) is 6.26 Å². The summed E-state index contributed by atoms with van der Waals surface area (Å²) in [5.74, 6) is 0.000525. The fourth-order valence-electron chi connectivity index (χ4n) is 3.78. The number of aliphatic hydroxyl groups is 1. The van der Waals surface area contributed by atoms with Crippen LogP contribution in [-0.4, -0.2) is 23.7 Å². The Morgan fingerprint density at radius 3 is 2.55 bits per heavy atom. The maximum Gasteiger partial charge on any atom is 0.339 e. The van der Waals surface area contributed by atoms with Crippen molar-refractivity contribution in [2.45, 2.75) is 59.9 Å². The third-order valence-electron chi connectivity index (χ3n) is 6.01. The highest BCUT2D eigenvalue weighted by Gasteiger charge is 2.20. The molecule has 1 aromatic carbocycles. The lowest BCUT2D eigenvalue weighted by Crippen LogP contribution is -2.42. The molecule has 6 heteroatoms. The molecule has 0 aliphatic heterocycles. The lowest BCUT2D eigenvalue weighted by atomic mass is 9.97. The number of benzene rings is 1. The number of aryl methyl sites for hydroxylation is 3. The van der Waals surface area contributed by atoms with E-state index >= 15 is 0 Å². The third-order valence-corrected chi connectivity index (χ3v) is 6.01. The highest BCUT2D eigenvalue weighted by atomic mass is 16.4. The number of fused-ring (bicyclic) bond motifs is 2. The molecule has 3 aromatic rings. The molecule has 2 N–H and O–H groups in total. The first-order valence-electron chi connectivity index (χ1n) is 10.1. The van der Waals surface area contributed by atoms with E-state index in [9.17, 15) is 14.7 Å². The van der Waals surface area contributed by atoms with Crippen LogP contribution in [0.2, 0.25) is 0 Å². The Morgan fingerprint density at radius 1 is 1.17 bits per heavy atom. The molecule has 0 radical (unpaired) electrons. The zero-order chi connectivity index (χ0) is 21.3. The van der Waals surface area contributed by atoms with Crippen LogP contribution in [-0.2, 0) is 11.2 Å². The molecule has 0 saturated carbocycles. The van der Waals surface area contributed by atoms with Gasteiger partial charge in [0.25, 0.3) is 0 Å². The molecule has 0 bridgehead atoms. The van der Waals surface area contributed by atoms with Crippen molar-refractivity contribution in [2.75, 3.05) is 6.61 Å². The molecule has 0 fully saturated rings. The SMILES string of the molecule is CCC(C)C(CO)NC(=O)CCc1c(C)c2cc3c(C)coc3c(C)c2oc1=O. The van der Waals surface area contributed by atoms with E-state index in [1.165, 1.54) is 0 Å². The molecule has 0 spiro atoms. The highest BCUT2D eigenvalue weighted by Crippen LogP contribution is 2.32. The van der Waals surface area contributed by atoms with Gasteiger partial charge in [-0.3, -0.25) is 4.79 Å². The molecule has 2 unspecified atom stereocenters. The van der Waals surface area contributed by atoms with E-state index in [0.29, 0.717) is 11.1 Å². The molecule has 156 valence electrons. The molecular formula is C23H29NO5. The topological polar surface area (TPSA) is 92.7 Å². The number of carbonyl (C=O) groups excluding carboxylic acids is 1. The summed E-state index contributed by atoms with van der Waals surface area (Å²) in [4.78, 5) is 25.0. The van der Waals surface area contributed by atoms with Gasteiger partial charge >= 0.3 is 5.63 Å². The summed E-state index contributed by atoms with van der Waals surface area (Å²) in [6.07, 6.45) is 3.01. The van der Waals surface area contributed by atoms with Crippen molar-refractivity contribution in [2.24, 2.45) is 5.92 Å². The van der Waals surface area contributed by atoms with Crippen LogP contribution in [0.1, 0.15) is 48.9 Å². The Labute approximate surface area is 169 Å². The smallest absolute Gasteiger partial charge is 0.339 e. The molecule has 2 atom stereocenters. The minimum atomic E-state index is -0.422. The van der Waals surface area contributed by atoms with Crippen molar-refractivity contribution in [3.63, 3.8) is 0 Å². The van der Waals surface area contributed by atoms with Crippen LogP contribution in [0.25, 0.3) is 21.9 Å². The van der Waals surface area contributed by atoms with Crippen molar-refractivity contribution in [3.05, 3.63) is 45.0 Å². The van der Waals surface area contributed by atoms with Gasteiger partial charge in [-0.2, -0.15) is 0 Å².